The third-order valence-corrected chi connectivity index (χ3v) is 3.16. The van der Waals surface area contributed by atoms with E-state index in [0.29, 0.717) is 17.9 Å². The summed E-state index contributed by atoms with van der Waals surface area (Å²) in [7, 11) is 0. The maximum absolute atomic E-state index is 13.8. The topological polar surface area (TPSA) is 47.3 Å². The Morgan fingerprint density at radius 1 is 1.24 bits per heavy atom. The molecule has 2 aromatic carbocycles. The minimum atomic E-state index is -0.219. The summed E-state index contributed by atoms with van der Waals surface area (Å²) in [4.78, 5) is 0. The molecule has 3 nitrogen and oxygen atoms in total. The highest BCUT2D eigenvalue weighted by atomic mass is 19.1. The first kappa shape index (κ1) is 15.2. The summed E-state index contributed by atoms with van der Waals surface area (Å²) in [5.74, 6) is 0.504. The molecule has 0 saturated carbocycles. The van der Waals surface area contributed by atoms with E-state index in [0.717, 1.165) is 17.9 Å². The molecule has 3 N–H and O–H groups in total. The van der Waals surface area contributed by atoms with E-state index in [1.165, 1.54) is 6.07 Å². The Hall–Kier alpha value is -2.23. The summed E-state index contributed by atoms with van der Waals surface area (Å²) < 4.78 is 19.4. The monoisotopic (exact) mass is 288 g/mol. The summed E-state index contributed by atoms with van der Waals surface area (Å²) in [6, 6.07) is 12.1. The molecule has 4 heteroatoms. The Kier molecular flexibility index (Phi) is 5.04. The van der Waals surface area contributed by atoms with Crippen molar-refractivity contribution in [1.82, 2.24) is 0 Å². The van der Waals surface area contributed by atoms with E-state index in [2.05, 4.69) is 5.32 Å². The van der Waals surface area contributed by atoms with Crippen molar-refractivity contribution in [3.63, 3.8) is 0 Å². The number of anilines is 2. The van der Waals surface area contributed by atoms with Crippen LogP contribution in [-0.2, 0) is 0 Å². The van der Waals surface area contributed by atoms with E-state index in [4.69, 9.17) is 10.5 Å². The first-order chi connectivity index (χ1) is 10.1. The van der Waals surface area contributed by atoms with Crippen LogP contribution in [0.1, 0.15) is 31.9 Å². The highest BCUT2D eigenvalue weighted by Gasteiger charge is 2.10. The Balaban J connectivity index is 2.15. The van der Waals surface area contributed by atoms with E-state index in [-0.39, 0.29) is 11.9 Å². The summed E-state index contributed by atoms with van der Waals surface area (Å²) in [6.45, 7) is 4.60. The van der Waals surface area contributed by atoms with Gasteiger partial charge in [-0.3, -0.25) is 0 Å². The zero-order valence-electron chi connectivity index (χ0n) is 12.4. The van der Waals surface area contributed by atoms with Crippen molar-refractivity contribution in [2.75, 3.05) is 17.7 Å². The largest absolute Gasteiger partial charge is 0.493 e. The molecule has 0 saturated heterocycles. The zero-order chi connectivity index (χ0) is 15.2. The van der Waals surface area contributed by atoms with Crippen molar-refractivity contribution in [2.24, 2.45) is 0 Å². The standard InChI is InChI=1S/C17H21FN2O/c1-3-8-21-15-10-13(19)9-14(11-15)20-12(2)16-6-4-5-7-17(16)18/h4-7,9-12,20H,3,8,19H2,1-2H3. The van der Waals surface area contributed by atoms with Gasteiger partial charge in [-0.1, -0.05) is 25.1 Å². The van der Waals surface area contributed by atoms with Gasteiger partial charge in [0.25, 0.3) is 0 Å². The third-order valence-electron chi connectivity index (χ3n) is 3.16. The number of halogens is 1. The number of nitrogen functional groups attached to an aromatic ring is 1. The van der Waals surface area contributed by atoms with Gasteiger partial charge in [0.2, 0.25) is 0 Å². The molecule has 0 fully saturated rings. The lowest BCUT2D eigenvalue weighted by atomic mass is 10.1. The lowest BCUT2D eigenvalue weighted by Crippen LogP contribution is -2.09. The second-order valence-electron chi connectivity index (χ2n) is 5.03. The van der Waals surface area contributed by atoms with Gasteiger partial charge < -0.3 is 15.8 Å². The van der Waals surface area contributed by atoms with Crippen LogP contribution in [0.5, 0.6) is 5.75 Å². The lowest BCUT2D eigenvalue weighted by Gasteiger charge is -2.17. The van der Waals surface area contributed by atoms with E-state index in [1.54, 1.807) is 18.2 Å². The number of hydrogen-bond acceptors (Lipinski definition) is 3. The molecule has 2 rings (SSSR count). The second kappa shape index (κ2) is 6.97. The molecule has 0 aliphatic heterocycles. The maximum atomic E-state index is 13.8. The molecular formula is C17H21FN2O. The van der Waals surface area contributed by atoms with Gasteiger partial charge in [0.15, 0.2) is 0 Å². The molecule has 0 aliphatic carbocycles. The molecule has 0 radical (unpaired) electrons. The summed E-state index contributed by atoms with van der Waals surface area (Å²) >= 11 is 0. The number of nitrogens with two attached hydrogens (primary N) is 1. The zero-order valence-corrected chi connectivity index (χ0v) is 12.4. The summed E-state index contributed by atoms with van der Waals surface area (Å²) in [6.07, 6.45) is 0.934. The number of hydrogen-bond donors (Lipinski definition) is 2. The maximum Gasteiger partial charge on any atom is 0.128 e. The predicted molar refractivity (Wildman–Crippen MR) is 85.1 cm³/mol. The van der Waals surface area contributed by atoms with Crippen LogP contribution >= 0.6 is 0 Å². The number of ether oxygens (including phenoxy) is 1. The molecule has 1 unspecified atom stereocenters. The van der Waals surface area contributed by atoms with E-state index < -0.39 is 0 Å². The Bertz CT molecular complexity index is 601. The Morgan fingerprint density at radius 2 is 2.00 bits per heavy atom. The van der Waals surface area contributed by atoms with Crippen LogP contribution in [-0.4, -0.2) is 6.61 Å². The second-order valence-corrected chi connectivity index (χ2v) is 5.03. The smallest absolute Gasteiger partial charge is 0.128 e. The summed E-state index contributed by atoms with van der Waals surface area (Å²) in [5, 5.41) is 3.26. The molecule has 2 aromatic rings. The van der Waals surface area contributed by atoms with Gasteiger partial charge in [0.05, 0.1) is 12.6 Å². The molecule has 0 amide bonds. The number of benzene rings is 2. The highest BCUT2D eigenvalue weighted by Crippen LogP contribution is 2.27. The van der Waals surface area contributed by atoms with Crippen LogP contribution < -0.4 is 15.8 Å². The van der Waals surface area contributed by atoms with Crippen LogP contribution in [0.4, 0.5) is 15.8 Å². The Labute approximate surface area is 124 Å². The van der Waals surface area contributed by atoms with Crippen LogP contribution in [0, 0.1) is 5.82 Å². The molecule has 0 bridgehead atoms. The molecule has 21 heavy (non-hydrogen) atoms. The van der Waals surface area contributed by atoms with E-state index in [1.807, 2.05) is 32.0 Å². The van der Waals surface area contributed by atoms with Gasteiger partial charge in [-0.25, -0.2) is 4.39 Å². The third kappa shape index (κ3) is 4.12. The van der Waals surface area contributed by atoms with Crippen LogP contribution in [0.2, 0.25) is 0 Å². The van der Waals surface area contributed by atoms with E-state index >= 15 is 0 Å². The lowest BCUT2D eigenvalue weighted by molar-refractivity contribution is 0.318. The highest BCUT2D eigenvalue weighted by molar-refractivity contribution is 5.60. The molecule has 0 aromatic heterocycles. The fraction of sp³-hybridized carbons (Fsp3) is 0.294. The first-order valence-corrected chi connectivity index (χ1v) is 7.14. The van der Waals surface area contributed by atoms with Crippen LogP contribution in [0.15, 0.2) is 42.5 Å². The fourth-order valence-electron chi connectivity index (χ4n) is 2.16. The van der Waals surface area contributed by atoms with Crippen LogP contribution in [0.3, 0.4) is 0 Å². The van der Waals surface area contributed by atoms with Crippen molar-refractivity contribution in [3.8, 4) is 5.75 Å². The van der Waals surface area contributed by atoms with E-state index in [9.17, 15) is 4.39 Å². The Morgan fingerprint density at radius 3 is 2.71 bits per heavy atom. The first-order valence-electron chi connectivity index (χ1n) is 7.14. The quantitative estimate of drug-likeness (QED) is 0.776. The average Bonchev–Trinajstić information content (AvgIpc) is 2.45. The summed E-state index contributed by atoms with van der Waals surface area (Å²) in [5.41, 5.74) is 7.94. The van der Waals surface area contributed by atoms with Crippen molar-refractivity contribution in [1.29, 1.82) is 0 Å². The fourth-order valence-corrected chi connectivity index (χ4v) is 2.16. The van der Waals surface area contributed by atoms with Crippen molar-refractivity contribution in [2.45, 2.75) is 26.3 Å². The van der Waals surface area contributed by atoms with Crippen molar-refractivity contribution >= 4 is 11.4 Å². The molecular weight excluding hydrogens is 267 g/mol. The SMILES string of the molecule is CCCOc1cc(N)cc(NC(C)c2ccccc2F)c1. The van der Waals surface area contributed by atoms with Crippen molar-refractivity contribution in [3.05, 3.63) is 53.8 Å². The van der Waals surface area contributed by atoms with Crippen LogP contribution in [0.25, 0.3) is 0 Å². The van der Waals surface area contributed by atoms with Gasteiger partial charge in [-0.15, -0.1) is 0 Å². The number of rotatable bonds is 6. The molecule has 1 atom stereocenters. The molecule has 0 aliphatic rings. The van der Waals surface area contributed by atoms with Gasteiger partial charge in [0, 0.05) is 29.1 Å². The minimum Gasteiger partial charge on any atom is -0.493 e. The van der Waals surface area contributed by atoms with Gasteiger partial charge in [0.1, 0.15) is 11.6 Å². The molecule has 0 spiro atoms. The van der Waals surface area contributed by atoms with Gasteiger partial charge >= 0.3 is 0 Å². The van der Waals surface area contributed by atoms with Gasteiger partial charge in [-0.05, 0) is 25.5 Å². The van der Waals surface area contributed by atoms with Crippen molar-refractivity contribution < 1.29 is 9.13 Å². The molecule has 112 valence electrons. The normalized spacial score (nSPS) is 12.0. The molecule has 0 heterocycles. The number of nitrogens with one attached hydrogen (secondary N) is 1. The van der Waals surface area contributed by atoms with Gasteiger partial charge in [-0.2, -0.15) is 0 Å². The predicted octanol–water partition coefficient (Wildman–Crippen LogP) is 4.37. The minimum absolute atomic E-state index is 0.160. The average molecular weight is 288 g/mol.